The second-order valence-corrected chi connectivity index (χ2v) is 7.17. The van der Waals surface area contributed by atoms with Crippen LogP contribution in [0.4, 0.5) is 5.82 Å². The van der Waals surface area contributed by atoms with Crippen molar-refractivity contribution in [3.8, 4) is 11.4 Å². The monoisotopic (exact) mass is 341 g/mol. The van der Waals surface area contributed by atoms with Crippen LogP contribution in [0.1, 0.15) is 38.5 Å². The van der Waals surface area contributed by atoms with E-state index in [0.29, 0.717) is 5.82 Å². The Bertz CT molecular complexity index is 671. The van der Waals surface area contributed by atoms with Gasteiger partial charge in [-0.3, -0.25) is 0 Å². The zero-order valence-electron chi connectivity index (χ0n) is 15.0. The van der Waals surface area contributed by atoms with Crippen molar-refractivity contribution in [1.82, 2.24) is 20.0 Å². The number of hydrogen-bond donors (Lipinski definition) is 0. The lowest BCUT2D eigenvalue weighted by Crippen LogP contribution is -2.46. The smallest absolute Gasteiger partial charge is 0.226 e. The number of nitrogens with zero attached hydrogens (tertiary/aromatic N) is 5. The van der Waals surface area contributed by atoms with E-state index in [4.69, 9.17) is 4.52 Å². The summed E-state index contributed by atoms with van der Waals surface area (Å²) in [5.74, 6) is 3.30. The molecule has 1 aliphatic carbocycles. The van der Waals surface area contributed by atoms with Gasteiger partial charge in [0.05, 0.1) is 0 Å². The van der Waals surface area contributed by atoms with Crippen molar-refractivity contribution >= 4 is 5.82 Å². The Morgan fingerprint density at radius 3 is 2.64 bits per heavy atom. The molecule has 2 aromatic rings. The molecule has 1 aliphatic heterocycles. The minimum atomic E-state index is 0.651. The predicted octanol–water partition coefficient (Wildman–Crippen LogP) is 3.01. The number of piperazine rings is 1. The number of aromatic nitrogens is 3. The molecule has 0 unspecified atom stereocenters. The maximum Gasteiger partial charge on any atom is 0.226 e. The zero-order chi connectivity index (χ0) is 17.1. The van der Waals surface area contributed by atoms with Crippen molar-refractivity contribution in [2.24, 2.45) is 5.92 Å². The molecule has 4 rings (SSSR count). The minimum absolute atomic E-state index is 0.651. The van der Waals surface area contributed by atoms with Crippen molar-refractivity contribution in [2.75, 3.05) is 37.6 Å². The lowest BCUT2D eigenvalue weighted by Gasteiger charge is -2.34. The molecule has 2 aliphatic rings. The highest BCUT2D eigenvalue weighted by Crippen LogP contribution is 2.30. The highest BCUT2D eigenvalue weighted by Gasteiger charge is 2.19. The van der Waals surface area contributed by atoms with Crippen LogP contribution in [0.25, 0.3) is 11.4 Å². The summed E-state index contributed by atoms with van der Waals surface area (Å²) >= 11 is 0. The maximum absolute atomic E-state index is 5.40. The minimum Gasteiger partial charge on any atom is -0.354 e. The Kier molecular flexibility index (Phi) is 4.97. The van der Waals surface area contributed by atoms with Crippen molar-refractivity contribution in [2.45, 2.75) is 39.0 Å². The molecule has 0 spiro atoms. The summed E-state index contributed by atoms with van der Waals surface area (Å²) in [6.07, 6.45) is 8.03. The first kappa shape index (κ1) is 16.5. The number of pyridine rings is 1. The number of aryl methyl sites for hydroxylation is 1. The van der Waals surface area contributed by atoms with E-state index in [0.717, 1.165) is 62.3 Å². The molecular formula is C19H27N5O. The largest absolute Gasteiger partial charge is 0.354 e. The molecule has 0 N–H and O–H groups in total. The fourth-order valence-corrected chi connectivity index (χ4v) is 3.58. The fourth-order valence-electron chi connectivity index (χ4n) is 3.58. The lowest BCUT2D eigenvalue weighted by atomic mass is 9.82. The molecule has 0 radical (unpaired) electrons. The molecule has 6 heteroatoms. The third-order valence-electron chi connectivity index (χ3n) is 5.61. The number of anilines is 1. The highest BCUT2D eigenvalue weighted by atomic mass is 16.5. The second-order valence-electron chi connectivity index (χ2n) is 7.17. The van der Waals surface area contributed by atoms with Gasteiger partial charge in [-0.25, -0.2) is 4.98 Å². The van der Waals surface area contributed by atoms with Gasteiger partial charge >= 0.3 is 0 Å². The SMILES string of the molecule is CCN1CCN(c2ccc(-c3noc(CCC4CCC4)n3)cn2)CC1. The van der Waals surface area contributed by atoms with Gasteiger partial charge in [0.1, 0.15) is 5.82 Å². The molecule has 3 heterocycles. The third kappa shape index (κ3) is 3.84. The fraction of sp³-hybridized carbons (Fsp3) is 0.632. The van der Waals surface area contributed by atoms with Gasteiger partial charge in [0.25, 0.3) is 0 Å². The van der Waals surface area contributed by atoms with Crippen LogP contribution in [0.3, 0.4) is 0 Å². The molecule has 2 fully saturated rings. The Labute approximate surface area is 149 Å². The standard InChI is InChI=1S/C19H27N5O/c1-2-23-10-12-24(13-11-23)17-8-7-16(14-20-17)19-21-18(25-22-19)9-6-15-4-3-5-15/h7-8,14-15H,2-6,9-13H2,1H3. The van der Waals surface area contributed by atoms with Crippen LogP contribution in [-0.4, -0.2) is 52.7 Å². The quantitative estimate of drug-likeness (QED) is 0.805. The molecule has 6 nitrogen and oxygen atoms in total. The van der Waals surface area contributed by atoms with E-state index < -0.39 is 0 Å². The van der Waals surface area contributed by atoms with Crippen LogP contribution in [0, 0.1) is 5.92 Å². The van der Waals surface area contributed by atoms with E-state index in [1.165, 1.54) is 25.7 Å². The van der Waals surface area contributed by atoms with E-state index in [9.17, 15) is 0 Å². The summed E-state index contributed by atoms with van der Waals surface area (Å²) in [5.41, 5.74) is 0.926. The third-order valence-corrected chi connectivity index (χ3v) is 5.61. The molecule has 134 valence electrons. The van der Waals surface area contributed by atoms with Gasteiger partial charge in [-0.05, 0) is 31.0 Å². The van der Waals surface area contributed by atoms with E-state index in [-0.39, 0.29) is 0 Å². The van der Waals surface area contributed by atoms with Crippen LogP contribution in [-0.2, 0) is 6.42 Å². The van der Waals surface area contributed by atoms with Gasteiger partial charge in [-0.1, -0.05) is 31.3 Å². The molecule has 25 heavy (non-hydrogen) atoms. The Hall–Kier alpha value is -1.95. The summed E-state index contributed by atoms with van der Waals surface area (Å²) in [5, 5.41) is 4.13. The van der Waals surface area contributed by atoms with Crippen LogP contribution < -0.4 is 4.90 Å². The first-order valence-corrected chi connectivity index (χ1v) is 9.58. The molecule has 0 amide bonds. The summed E-state index contributed by atoms with van der Waals surface area (Å²) in [7, 11) is 0. The van der Waals surface area contributed by atoms with E-state index >= 15 is 0 Å². The van der Waals surface area contributed by atoms with Crippen LogP contribution in [0.5, 0.6) is 0 Å². The predicted molar refractivity (Wildman–Crippen MR) is 97.5 cm³/mol. The topological polar surface area (TPSA) is 58.3 Å². The molecule has 0 aromatic carbocycles. The number of likely N-dealkylation sites (N-methyl/N-ethyl adjacent to an activating group) is 1. The van der Waals surface area contributed by atoms with Crippen molar-refractivity contribution in [3.05, 3.63) is 24.2 Å². The zero-order valence-corrected chi connectivity index (χ0v) is 15.0. The van der Waals surface area contributed by atoms with Crippen LogP contribution in [0.2, 0.25) is 0 Å². The van der Waals surface area contributed by atoms with Gasteiger partial charge in [0.15, 0.2) is 0 Å². The lowest BCUT2D eigenvalue weighted by molar-refractivity contribution is 0.270. The Morgan fingerprint density at radius 1 is 1.16 bits per heavy atom. The average molecular weight is 341 g/mol. The Morgan fingerprint density at radius 2 is 2.00 bits per heavy atom. The molecule has 0 atom stereocenters. The van der Waals surface area contributed by atoms with E-state index in [1.807, 2.05) is 6.20 Å². The van der Waals surface area contributed by atoms with Crippen molar-refractivity contribution in [3.63, 3.8) is 0 Å². The van der Waals surface area contributed by atoms with Gasteiger partial charge < -0.3 is 14.3 Å². The molecule has 1 saturated carbocycles. The van der Waals surface area contributed by atoms with Crippen molar-refractivity contribution < 1.29 is 4.52 Å². The first-order chi connectivity index (χ1) is 12.3. The summed E-state index contributed by atoms with van der Waals surface area (Å²) in [6.45, 7) is 7.63. The molecule has 0 bridgehead atoms. The van der Waals surface area contributed by atoms with Gasteiger partial charge in [-0.15, -0.1) is 0 Å². The van der Waals surface area contributed by atoms with Gasteiger partial charge in [-0.2, -0.15) is 4.98 Å². The Balaban J connectivity index is 1.36. The molecule has 2 aromatic heterocycles. The normalized spacial score (nSPS) is 19.2. The van der Waals surface area contributed by atoms with Crippen LogP contribution >= 0.6 is 0 Å². The number of rotatable bonds is 6. The molecule has 1 saturated heterocycles. The summed E-state index contributed by atoms with van der Waals surface area (Å²) < 4.78 is 5.40. The first-order valence-electron chi connectivity index (χ1n) is 9.58. The summed E-state index contributed by atoms with van der Waals surface area (Å²) in [4.78, 5) is 14.0. The summed E-state index contributed by atoms with van der Waals surface area (Å²) in [6, 6.07) is 4.12. The number of hydrogen-bond acceptors (Lipinski definition) is 6. The van der Waals surface area contributed by atoms with E-state index in [2.05, 4.69) is 44.0 Å². The highest BCUT2D eigenvalue weighted by molar-refractivity contribution is 5.55. The van der Waals surface area contributed by atoms with E-state index in [1.54, 1.807) is 0 Å². The van der Waals surface area contributed by atoms with Gasteiger partial charge in [0, 0.05) is 44.4 Å². The second kappa shape index (κ2) is 7.52. The van der Waals surface area contributed by atoms with Crippen molar-refractivity contribution in [1.29, 1.82) is 0 Å². The maximum atomic E-state index is 5.40. The molecular weight excluding hydrogens is 314 g/mol. The van der Waals surface area contributed by atoms with Gasteiger partial charge in [0.2, 0.25) is 11.7 Å². The average Bonchev–Trinajstić information content (AvgIpc) is 3.10. The van der Waals surface area contributed by atoms with Crippen LogP contribution in [0.15, 0.2) is 22.9 Å².